The molecule has 0 heterocycles. The monoisotopic (exact) mass is 492 g/mol. The van der Waals surface area contributed by atoms with E-state index in [0.29, 0.717) is 9.32 Å². The summed E-state index contributed by atoms with van der Waals surface area (Å²) in [6, 6.07) is 12.0. The van der Waals surface area contributed by atoms with Crippen molar-refractivity contribution in [3.8, 4) is 11.5 Å². The first kappa shape index (κ1) is 20.6. The molecular formula is C22H25IN2O3. The van der Waals surface area contributed by atoms with Gasteiger partial charge in [0, 0.05) is 5.92 Å². The number of phenols is 1. The van der Waals surface area contributed by atoms with E-state index in [2.05, 4.69) is 55.6 Å². The largest absolute Gasteiger partial charge is 0.504 e. The van der Waals surface area contributed by atoms with Gasteiger partial charge in [-0.2, -0.15) is 5.10 Å². The standard InChI is InChI=1S/C22H25IN2O3/c1-22(2,3)15-7-5-14(6-8-15)16-11-17(16)21(27)25-24-12-13-9-18(23)20(26)19(10-13)28-4/h5-10,12,16-17,26H,11H2,1-4H3,(H,25,27)/b24-12-/t16-,17-/m1/s1. The topological polar surface area (TPSA) is 70.9 Å². The van der Waals surface area contributed by atoms with Gasteiger partial charge in [0.1, 0.15) is 0 Å². The predicted octanol–water partition coefficient (Wildman–Crippen LogP) is 4.56. The van der Waals surface area contributed by atoms with Gasteiger partial charge in [0.25, 0.3) is 0 Å². The number of hydrogen-bond donors (Lipinski definition) is 2. The molecule has 28 heavy (non-hydrogen) atoms. The zero-order chi connectivity index (χ0) is 20.5. The van der Waals surface area contributed by atoms with Crippen LogP contribution in [0.1, 0.15) is 49.8 Å². The Hall–Kier alpha value is -2.09. The van der Waals surface area contributed by atoms with Crippen LogP contribution < -0.4 is 10.2 Å². The highest BCUT2D eigenvalue weighted by Crippen LogP contribution is 2.47. The highest BCUT2D eigenvalue weighted by atomic mass is 127. The maximum absolute atomic E-state index is 12.4. The summed E-state index contributed by atoms with van der Waals surface area (Å²) >= 11 is 2.02. The van der Waals surface area contributed by atoms with Crippen LogP contribution in [0.2, 0.25) is 0 Å². The van der Waals surface area contributed by atoms with Crippen molar-refractivity contribution in [1.82, 2.24) is 5.43 Å². The lowest BCUT2D eigenvalue weighted by Crippen LogP contribution is -2.20. The second kappa shape index (κ2) is 8.11. The molecule has 0 spiro atoms. The smallest absolute Gasteiger partial charge is 0.243 e. The number of rotatable bonds is 5. The number of ether oxygens (including phenoxy) is 1. The molecule has 2 N–H and O–H groups in total. The van der Waals surface area contributed by atoms with Gasteiger partial charge in [-0.3, -0.25) is 4.79 Å². The van der Waals surface area contributed by atoms with Crippen LogP contribution in [0.15, 0.2) is 41.5 Å². The Labute approximate surface area is 179 Å². The van der Waals surface area contributed by atoms with Crippen molar-refractivity contribution in [3.63, 3.8) is 0 Å². The minimum absolute atomic E-state index is 0.0351. The molecule has 0 aliphatic heterocycles. The molecule has 5 nitrogen and oxygen atoms in total. The van der Waals surface area contributed by atoms with Gasteiger partial charge in [0.2, 0.25) is 5.91 Å². The van der Waals surface area contributed by atoms with Crippen molar-refractivity contribution in [2.24, 2.45) is 11.0 Å². The molecule has 0 radical (unpaired) electrons. The normalized spacial score (nSPS) is 18.9. The molecule has 148 valence electrons. The number of phenolic OH excluding ortho intramolecular Hbond substituents is 1. The third-order valence-electron chi connectivity index (χ3n) is 4.99. The molecule has 0 aromatic heterocycles. The number of carbonyl (C=O) groups excluding carboxylic acids is 1. The molecule has 0 unspecified atom stereocenters. The van der Waals surface area contributed by atoms with Crippen LogP contribution in [-0.2, 0) is 10.2 Å². The second-order valence-electron chi connectivity index (χ2n) is 8.11. The molecule has 2 aromatic carbocycles. The van der Waals surface area contributed by atoms with Gasteiger partial charge in [-0.15, -0.1) is 0 Å². The lowest BCUT2D eigenvalue weighted by Gasteiger charge is -2.19. The van der Waals surface area contributed by atoms with Crippen molar-refractivity contribution in [2.75, 3.05) is 7.11 Å². The minimum Gasteiger partial charge on any atom is -0.504 e. The zero-order valence-electron chi connectivity index (χ0n) is 16.5. The lowest BCUT2D eigenvalue weighted by molar-refractivity contribution is -0.122. The Kier molecular flexibility index (Phi) is 5.98. The molecule has 1 saturated carbocycles. The summed E-state index contributed by atoms with van der Waals surface area (Å²) in [7, 11) is 1.50. The molecule has 2 aromatic rings. The molecule has 2 atom stereocenters. The predicted molar refractivity (Wildman–Crippen MR) is 119 cm³/mol. The van der Waals surface area contributed by atoms with Gasteiger partial charge >= 0.3 is 0 Å². The number of halogens is 1. The van der Waals surface area contributed by atoms with Gasteiger partial charge in [-0.1, -0.05) is 45.0 Å². The summed E-state index contributed by atoms with van der Waals surface area (Å²) in [6.45, 7) is 6.58. The highest BCUT2D eigenvalue weighted by Gasteiger charge is 2.44. The average Bonchev–Trinajstić information content (AvgIpc) is 3.44. The van der Waals surface area contributed by atoms with Crippen LogP contribution in [0.3, 0.4) is 0 Å². The average molecular weight is 492 g/mol. The summed E-state index contributed by atoms with van der Waals surface area (Å²) in [6.07, 6.45) is 2.40. The zero-order valence-corrected chi connectivity index (χ0v) is 18.6. The SMILES string of the molecule is COc1cc(/C=N\NC(=O)[C@@H]2C[C@@H]2c2ccc(C(C)(C)C)cc2)cc(I)c1O. The molecule has 0 bridgehead atoms. The molecule has 3 rings (SSSR count). The van der Waals surface area contributed by atoms with Crippen LogP contribution >= 0.6 is 22.6 Å². The molecule has 1 amide bonds. The van der Waals surface area contributed by atoms with Crippen molar-refractivity contribution < 1.29 is 14.6 Å². The van der Waals surface area contributed by atoms with Crippen molar-refractivity contribution >= 4 is 34.7 Å². The summed E-state index contributed by atoms with van der Waals surface area (Å²) in [4.78, 5) is 12.4. The summed E-state index contributed by atoms with van der Waals surface area (Å²) in [5.74, 6) is 0.635. The van der Waals surface area contributed by atoms with E-state index in [-0.39, 0.29) is 28.9 Å². The van der Waals surface area contributed by atoms with E-state index < -0.39 is 0 Å². The number of benzene rings is 2. The first-order chi connectivity index (χ1) is 13.2. The Balaban J connectivity index is 1.58. The first-order valence-electron chi connectivity index (χ1n) is 9.20. The summed E-state index contributed by atoms with van der Waals surface area (Å²) in [5.41, 5.74) is 5.99. The first-order valence-corrected chi connectivity index (χ1v) is 10.3. The lowest BCUT2D eigenvalue weighted by atomic mass is 9.86. The number of nitrogens with zero attached hydrogens (tertiary/aromatic N) is 1. The van der Waals surface area contributed by atoms with E-state index in [1.165, 1.54) is 18.2 Å². The van der Waals surface area contributed by atoms with Gasteiger partial charge in [0.05, 0.1) is 16.9 Å². The number of hydrogen-bond acceptors (Lipinski definition) is 4. The summed E-state index contributed by atoms with van der Waals surface area (Å²) < 4.78 is 5.79. The molecule has 1 fully saturated rings. The van der Waals surface area contributed by atoms with E-state index >= 15 is 0 Å². The van der Waals surface area contributed by atoms with Crippen molar-refractivity contribution in [1.29, 1.82) is 0 Å². The summed E-state index contributed by atoms with van der Waals surface area (Å²) in [5, 5.41) is 13.9. The number of nitrogens with one attached hydrogen (secondary N) is 1. The van der Waals surface area contributed by atoms with Gasteiger partial charge in [-0.25, -0.2) is 5.43 Å². The van der Waals surface area contributed by atoms with E-state index in [9.17, 15) is 9.90 Å². The van der Waals surface area contributed by atoms with E-state index in [4.69, 9.17) is 4.74 Å². The van der Waals surface area contributed by atoms with Crippen LogP contribution in [-0.4, -0.2) is 24.3 Å². The molecule has 1 aliphatic carbocycles. The number of carbonyl (C=O) groups is 1. The van der Waals surface area contributed by atoms with Gasteiger partial charge < -0.3 is 9.84 Å². The molecular weight excluding hydrogens is 467 g/mol. The minimum atomic E-state index is -0.0680. The van der Waals surface area contributed by atoms with Gasteiger partial charge in [0.15, 0.2) is 11.5 Å². The molecule has 0 saturated heterocycles. The Bertz CT molecular complexity index is 901. The third kappa shape index (κ3) is 4.66. The van der Waals surface area contributed by atoms with E-state index in [0.717, 1.165) is 12.0 Å². The molecule has 6 heteroatoms. The number of aromatic hydroxyl groups is 1. The fourth-order valence-electron chi connectivity index (χ4n) is 3.16. The second-order valence-corrected chi connectivity index (χ2v) is 9.27. The number of amides is 1. The van der Waals surface area contributed by atoms with Gasteiger partial charge in [-0.05, 0) is 69.2 Å². The fraction of sp³-hybridized carbons (Fsp3) is 0.364. The van der Waals surface area contributed by atoms with E-state index in [1.807, 2.05) is 22.6 Å². The quantitative estimate of drug-likeness (QED) is 0.366. The Morgan fingerprint density at radius 3 is 2.57 bits per heavy atom. The third-order valence-corrected chi connectivity index (χ3v) is 5.81. The van der Waals surface area contributed by atoms with E-state index in [1.54, 1.807) is 18.3 Å². The Morgan fingerprint density at radius 2 is 1.96 bits per heavy atom. The maximum Gasteiger partial charge on any atom is 0.243 e. The van der Waals surface area contributed by atoms with Crippen LogP contribution in [0.25, 0.3) is 0 Å². The highest BCUT2D eigenvalue weighted by molar-refractivity contribution is 14.1. The van der Waals surface area contributed by atoms with Crippen molar-refractivity contribution in [2.45, 2.75) is 38.5 Å². The fourth-order valence-corrected chi connectivity index (χ4v) is 3.79. The molecule has 1 aliphatic rings. The van der Waals surface area contributed by atoms with Crippen LogP contribution in [0, 0.1) is 9.49 Å². The Morgan fingerprint density at radius 1 is 1.29 bits per heavy atom. The van der Waals surface area contributed by atoms with Crippen LogP contribution in [0.5, 0.6) is 11.5 Å². The van der Waals surface area contributed by atoms with Crippen LogP contribution in [0.4, 0.5) is 0 Å². The number of methoxy groups -OCH3 is 1. The number of hydrazone groups is 1. The van der Waals surface area contributed by atoms with Crippen molar-refractivity contribution in [3.05, 3.63) is 56.7 Å². The maximum atomic E-state index is 12.4.